The Labute approximate surface area is 91.6 Å². The molecule has 1 nitrogen and oxygen atoms in total. The summed E-state index contributed by atoms with van der Waals surface area (Å²) in [5.74, 6) is -0.145. The molecule has 4 heteroatoms. The van der Waals surface area contributed by atoms with Crippen LogP contribution in [-0.4, -0.2) is 5.78 Å². The molecule has 0 spiro atoms. The fourth-order valence-corrected chi connectivity index (χ4v) is 1.73. The lowest BCUT2D eigenvalue weighted by molar-refractivity contribution is 0.101. The Morgan fingerprint density at radius 1 is 1.23 bits per heavy atom. The molecule has 0 aliphatic rings. The number of carbonyl (C=O) groups is 1. The molecule has 0 radical (unpaired) electrons. The van der Waals surface area contributed by atoms with Crippen molar-refractivity contribution in [2.24, 2.45) is 0 Å². The van der Waals surface area contributed by atoms with Crippen molar-refractivity contribution in [3.8, 4) is 0 Å². The topological polar surface area (TPSA) is 17.1 Å². The summed E-state index contributed by atoms with van der Waals surface area (Å²) in [6, 6.07) is 1.54. The van der Waals surface area contributed by atoms with Crippen molar-refractivity contribution >= 4 is 40.6 Å². The summed E-state index contributed by atoms with van der Waals surface area (Å²) in [5.41, 5.74) is 1.06. The molecular weight excluding hydrogens is 230 g/mol. The Kier molecular flexibility index (Phi) is 3.23. The van der Waals surface area contributed by atoms with Crippen molar-refractivity contribution < 1.29 is 4.79 Å². The van der Waals surface area contributed by atoms with Gasteiger partial charge in [0.15, 0.2) is 5.78 Å². The van der Waals surface area contributed by atoms with Crippen LogP contribution in [0.1, 0.15) is 22.8 Å². The van der Waals surface area contributed by atoms with Gasteiger partial charge in [-0.25, -0.2) is 0 Å². The third-order valence-electron chi connectivity index (χ3n) is 1.77. The van der Waals surface area contributed by atoms with Gasteiger partial charge in [0.25, 0.3) is 0 Å². The average molecular weight is 238 g/mol. The SMILES string of the molecule is CC(=O)c1cc(Cl)c(C)c(Cl)c1Cl. The third-order valence-corrected chi connectivity index (χ3v) is 3.12. The van der Waals surface area contributed by atoms with Gasteiger partial charge in [-0.2, -0.15) is 0 Å². The lowest BCUT2D eigenvalue weighted by atomic mass is 10.1. The van der Waals surface area contributed by atoms with Crippen molar-refractivity contribution in [1.82, 2.24) is 0 Å². The largest absolute Gasteiger partial charge is 0.294 e. The highest BCUT2D eigenvalue weighted by Crippen LogP contribution is 2.34. The molecule has 0 aromatic heterocycles. The molecule has 0 aliphatic carbocycles. The van der Waals surface area contributed by atoms with Gasteiger partial charge in [0.2, 0.25) is 0 Å². The Balaban J connectivity index is 3.50. The lowest BCUT2D eigenvalue weighted by Gasteiger charge is -2.07. The van der Waals surface area contributed by atoms with Crippen molar-refractivity contribution in [3.63, 3.8) is 0 Å². The molecular formula is C9H7Cl3O. The zero-order valence-corrected chi connectivity index (χ0v) is 9.39. The maximum Gasteiger partial charge on any atom is 0.161 e. The van der Waals surface area contributed by atoms with E-state index in [-0.39, 0.29) is 10.8 Å². The quantitative estimate of drug-likeness (QED) is 0.529. The molecule has 1 aromatic carbocycles. The van der Waals surface area contributed by atoms with Gasteiger partial charge in [-0.3, -0.25) is 4.79 Å². The molecule has 70 valence electrons. The van der Waals surface area contributed by atoms with Crippen LogP contribution in [0.4, 0.5) is 0 Å². The van der Waals surface area contributed by atoms with E-state index in [9.17, 15) is 4.79 Å². The van der Waals surface area contributed by atoms with Crippen molar-refractivity contribution in [3.05, 3.63) is 32.3 Å². The van der Waals surface area contributed by atoms with Crippen LogP contribution in [0.3, 0.4) is 0 Å². The monoisotopic (exact) mass is 236 g/mol. The number of benzene rings is 1. The average Bonchev–Trinajstić information content (AvgIpc) is 2.07. The van der Waals surface area contributed by atoms with E-state index in [4.69, 9.17) is 34.8 Å². The van der Waals surface area contributed by atoms with E-state index >= 15 is 0 Å². The van der Waals surface area contributed by atoms with Crippen LogP contribution in [0.2, 0.25) is 15.1 Å². The first-order valence-electron chi connectivity index (χ1n) is 3.60. The number of rotatable bonds is 1. The molecule has 0 aliphatic heterocycles. The molecule has 13 heavy (non-hydrogen) atoms. The normalized spacial score (nSPS) is 10.2. The molecule has 0 bridgehead atoms. The van der Waals surface area contributed by atoms with E-state index < -0.39 is 0 Å². The molecule has 1 rings (SSSR count). The van der Waals surface area contributed by atoms with Crippen LogP contribution >= 0.6 is 34.8 Å². The van der Waals surface area contributed by atoms with E-state index in [2.05, 4.69) is 0 Å². The molecule has 0 fully saturated rings. The van der Waals surface area contributed by atoms with Crippen molar-refractivity contribution in [2.45, 2.75) is 13.8 Å². The minimum Gasteiger partial charge on any atom is -0.294 e. The number of ketones is 1. The Morgan fingerprint density at radius 2 is 1.77 bits per heavy atom. The molecule has 0 atom stereocenters. The molecule has 0 saturated carbocycles. The van der Waals surface area contributed by atoms with Crippen LogP contribution < -0.4 is 0 Å². The highest BCUT2D eigenvalue weighted by Gasteiger charge is 2.13. The van der Waals surface area contributed by atoms with Gasteiger partial charge in [-0.15, -0.1) is 0 Å². The van der Waals surface area contributed by atoms with Gasteiger partial charge in [-0.1, -0.05) is 34.8 Å². The van der Waals surface area contributed by atoms with Gasteiger partial charge in [0, 0.05) is 10.6 Å². The second kappa shape index (κ2) is 3.87. The Bertz CT molecular complexity index is 372. The van der Waals surface area contributed by atoms with E-state index in [1.54, 1.807) is 6.92 Å². The minimum atomic E-state index is -0.145. The second-order valence-corrected chi connectivity index (χ2v) is 3.88. The second-order valence-electron chi connectivity index (χ2n) is 2.72. The summed E-state index contributed by atoms with van der Waals surface area (Å²) in [6.07, 6.45) is 0. The number of halogens is 3. The van der Waals surface area contributed by atoms with E-state index in [0.29, 0.717) is 21.2 Å². The van der Waals surface area contributed by atoms with Crippen LogP contribution in [0.25, 0.3) is 0 Å². The fraction of sp³-hybridized carbons (Fsp3) is 0.222. The standard InChI is InChI=1S/C9H7Cl3O/c1-4-7(10)3-6(5(2)13)9(12)8(4)11/h3H,1-2H3. The highest BCUT2D eigenvalue weighted by atomic mass is 35.5. The summed E-state index contributed by atoms with van der Waals surface area (Å²) >= 11 is 17.6. The zero-order chi connectivity index (χ0) is 10.2. The third kappa shape index (κ3) is 1.98. The van der Waals surface area contributed by atoms with E-state index in [1.807, 2.05) is 0 Å². The van der Waals surface area contributed by atoms with Crippen molar-refractivity contribution in [1.29, 1.82) is 0 Å². The summed E-state index contributed by atoms with van der Waals surface area (Å²) in [6.45, 7) is 3.17. The predicted octanol–water partition coefficient (Wildman–Crippen LogP) is 4.16. The number of carbonyl (C=O) groups excluding carboxylic acids is 1. The van der Waals surface area contributed by atoms with E-state index in [1.165, 1.54) is 13.0 Å². The predicted molar refractivity (Wildman–Crippen MR) is 56.2 cm³/mol. The number of hydrogen-bond donors (Lipinski definition) is 0. The minimum absolute atomic E-state index is 0.145. The van der Waals surface area contributed by atoms with Crippen LogP contribution in [0.15, 0.2) is 6.07 Å². The summed E-state index contributed by atoms with van der Waals surface area (Å²) in [7, 11) is 0. The molecule has 0 heterocycles. The van der Waals surface area contributed by atoms with Crippen LogP contribution in [0.5, 0.6) is 0 Å². The molecule has 0 amide bonds. The van der Waals surface area contributed by atoms with Crippen LogP contribution in [-0.2, 0) is 0 Å². The maximum absolute atomic E-state index is 11.1. The van der Waals surface area contributed by atoms with Crippen LogP contribution in [0, 0.1) is 6.92 Å². The molecule has 1 aromatic rings. The van der Waals surface area contributed by atoms with Gasteiger partial charge in [0.05, 0.1) is 10.0 Å². The summed E-state index contributed by atoms with van der Waals surface area (Å²) in [4.78, 5) is 11.1. The van der Waals surface area contributed by atoms with Gasteiger partial charge < -0.3 is 0 Å². The first kappa shape index (κ1) is 10.8. The summed E-state index contributed by atoms with van der Waals surface area (Å²) in [5, 5.41) is 1.08. The molecule has 0 saturated heterocycles. The van der Waals surface area contributed by atoms with Crippen molar-refractivity contribution in [2.75, 3.05) is 0 Å². The lowest BCUT2D eigenvalue weighted by Crippen LogP contribution is -1.95. The first-order valence-corrected chi connectivity index (χ1v) is 4.73. The number of Topliss-reactive ketones (excluding diaryl/α,β-unsaturated/α-hetero) is 1. The maximum atomic E-state index is 11.1. The van der Waals surface area contributed by atoms with E-state index in [0.717, 1.165) is 0 Å². The zero-order valence-electron chi connectivity index (χ0n) is 7.12. The Morgan fingerprint density at radius 3 is 2.23 bits per heavy atom. The molecule has 0 unspecified atom stereocenters. The fourth-order valence-electron chi connectivity index (χ4n) is 0.942. The van der Waals surface area contributed by atoms with Gasteiger partial charge in [0.1, 0.15) is 0 Å². The van der Waals surface area contributed by atoms with Gasteiger partial charge >= 0.3 is 0 Å². The van der Waals surface area contributed by atoms with Gasteiger partial charge in [-0.05, 0) is 25.5 Å². The highest BCUT2D eigenvalue weighted by molar-refractivity contribution is 6.45. The first-order chi connectivity index (χ1) is 5.95. The summed E-state index contributed by atoms with van der Waals surface area (Å²) < 4.78 is 0. The molecule has 0 N–H and O–H groups in total. The number of hydrogen-bond acceptors (Lipinski definition) is 1. The smallest absolute Gasteiger partial charge is 0.161 e. The Hall–Kier alpha value is -0.240.